The van der Waals surface area contributed by atoms with E-state index >= 15 is 0 Å². The fourth-order valence-corrected chi connectivity index (χ4v) is 4.92. The van der Waals surface area contributed by atoms with Crippen LogP contribution in [0.1, 0.15) is 42.7 Å². The molecule has 1 atom stereocenters. The zero-order chi connectivity index (χ0) is 24.7. The van der Waals surface area contributed by atoms with Gasteiger partial charge in [0.1, 0.15) is 11.3 Å². The van der Waals surface area contributed by atoms with Gasteiger partial charge in [-0.2, -0.15) is 5.10 Å². The molecule has 0 bridgehead atoms. The molecule has 1 fully saturated rings. The number of likely N-dealkylation sites (tertiary alicyclic amines) is 1. The summed E-state index contributed by atoms with van der Waals surface area (Å²) in [5, 5.41) is 16.6. The summed E-state index contributed by atoms with van der Waals surface area (Å²) in [7, 11) is 0. The van der Waals surface area contributed by atoms with Crippen molar-refractivity contribution in [2.75, 3.05) is 25.1 Å². The average molecular weight is 518 g/mol. The van der Waals surface area contributed by atoms with Gasteiger partial charge in [-0.1, -0.05) is 60.7 Å². The second kappa shape index (κ2) is 12.6. The zero-order valence-electron chi connectivity index (χ0n) is 20.7. The fraction of sp³-hybridized carbons (Fsp3) is 0.267. The van der Waals surface area contributed by atoms with E-state index in [1.807, 2.05) is 66.7 Å². The third-order valence-electron chi connectivity index (χ3n) is 6.84. The highest BCUT2D eigenvalue weighted by atomic mass is 35.5. The van der Waals surface area contributed by atoms with Crippen molar-refractivity contribution in [2.45, 2.75) is 31.6 Å². The summed E-state index contributed by atoms with van der Waals surface area (Å²) in [4.78, 5) is 15.7. The lowest BCUT2D eigenvalue weighted by molar-refractivity contribution is 0.349. The van der Waals surface area contributed by atoms with Gasteiger partial charge >= 0.3 is 5.63 Å². The molecule has 4 aromatic rings. The molecule has 37 heavy (non-hydrogen) atoms. The summed E-state index contributed by atoms with van der Waals surface area (Å²) in [6.07, 6.45) is 3.71. The van der Waals surface area contributed by atoms with E-state index in [2.05, 4.69) is 10.3 Å². The van der Waals surface area contributed by atoms with Crippen molar-refractivity contribution in [3.63, 3.8) is 0 Å². The number of aromatic hydroxyl groups is 1. The molecule has 2 N–H and O–H groups in total. The highest BCUT2D eigenvalue weighted by Gasteiger charge is 2.26. The third kappa shape index (κ3) is 6.40. The van der Waals surface area contributed by atoms with Crippen LogP contribution >= 0.6 is 12.4 Å². The van der Waals surface area contributed by atoms with Gasteiger partial charge in [0, 0.05) is 24.6 Å². The number of benzene rings is 3. The Bertz CT molecular complexity index is 1380. The molecule has 0 spiro atoms. The van der Waals surface area contributed by atoms with Crippen molar-refractivity contribution in [2.24, 2.45) is 5.10 Å². The van der Waals surface area contributed by atoms with Gasteiger partial charge < -0.3 is 14.4 Å². The van der Waals surface area contributed by atoms with E-state index in [0.29, 0.717) is 17.4 Å². The van der Waals surface area contributed by atoms with E-state index in [0.717, 1.165) is 43.0 Å². The van der Waals surface area contributed by atoms with Crippen LogP contribution in [0.2, 0.25) is 0 Å². The SMILES string of the molecule is Cl.O=c1oc2ccccc2c(O)c1C(C/C(CCN1CCCC1)=N\Nc1ccccc1)c1ccccc1. The van der Waals surface area contributed by atoms with Crippen LogP contribution in [-0.2, 0) is 0 Å². The minimum absolute atomic E-state index is 0. The van der Waals surface area contributed by atoms with Crippen molar-refractivity contribution in [3.8, 4) is 5.75 Å². The van der Waals surface area contributed by atoms with Crippen LogP contribution < -0.4 is 11.1 Å². The first-order chi connectivity index (χ1) is 17.7. The van der Waals surface area contributed by atoms with E-state index in [-0.39, 0.29) is 23.7 Å². The predicted molar refractivity (Wildman–Crippen MR) is 152 cm³/mol. The minimum Gasteiger partial charge on any atom is -0.507 e. The number of nitrogens with one attached hydrogen (secondary N) is 1. The van der Waals surface area contributed by atoms with Crippen LogP contribution in [0, 0.1) is 0 Å². The number of rotatable bonds is 9. The lowest BCUT2D eigenvalue weighted by Gasteiger charge is -2.21. The molecule has 1 aliphatic heterocycles. The van der Waals surface area contributed by atoms with Crippen LogP contribution in [0.4, 0.5) is 5.69 Å². The molecular formula is C30H32ClN3O3. The molecule has 1 saturated heterocycles. The van der Waals surface area contributed by atoms with Gasteiger partial charge in [-0.05, 0) is 62.2 Å². The number of hydrogen-bond donors (Lipinski definition) is 2. The van der Waals surface area contributed by atoms with Gasteiger partial charge in [-0.15, -0.1) is 12.4 Å². The average Bonchev–Trinajstić information content (AvgIpc) is 3.44. The Balaban J connectivity index is 0.00000320. The van der Waals surface area contributed by atoms with Crippen LogP contribution in [0.5, 0.6) is 5.75 Å². The number of hydrazone groups is 1. The molecule has 0 amide bonds. The first-order valence-corrected chi connectivity index (χ1v) is 12.6. The monoisotopic (exact) mass is 517 g/mol. The lowest BCUT2D eigenvalue weighted by Crippen LogP contribution is -2.24. The van der Waals surface area contributed by atoms with Crippen molar-refractivity contribution in [1.29, 1.82) is 0 Å². The highest BCUT2D eigenvalue weighted by Crippen LogP contribution is 2.36. The number of fused-ring (bicyclic) bond motifs is 1. The maximum Gasteiger partial charge on any atom is 0.343 e. The molecule has 0 radical (unpaired) electrons. The van der Waals surface area contributed by atoms with Crippen molar-refractivity contribution in [3.05, 3.63) is 106 Å². The summed E-state index contributed by atoms with van der Waals surface area (Å²) in [5.41, 5.74) is 6.10. The van der Waals surface area contributed by atoms with Crippen LogP contribution in [0.25, 0.3) is 11.0 Å². The number of para-hydroxylation sites is 2. The second-order valence-electron chi connectivity index (χ2n) is 9.27. The van der Waals surface area contributed by atoms with Gasteiger partial charge in [0.2, 0.25) is 0 Å². The van der Waals surface area contributed by atoms with Crippen LogP contribution in [0.3, 0.4) is 0 Å². The van der Waals surface area contributed by atoms with E-state index in [9.17, 15) is 9.90 Å². The van der Waals surface area contributed by atoms with Crippen molar-refractivity contribution < 1.29 is 9.52 Å². The Morgan fingerprint density at radius 1 is 0.946 bits per heavy atom. The maximum atomic E-state index is 13.2. The molecule has 5 rings (SSSR count). The van der Waals surface area contributed by atoms with Crippen molar-refractivity contribution >= 4 is 34.8 Å². The number of anilines is 1. The second-order valence-corrected chi connectivity index (χ2v) is 9.27. The number of hydrogen-bond acceptors (Lipinski definition) is 6. The van der Waals surface area contributed by atoms with Crippen molar-refractivity contribution in [1.82, 2.24) is 4.90 Å². The standard InChI is InChI=1S/C30H31N3O3.ClH/c34-29-25-15-7-8-16-27(25)36-30(35)28(29)26(22-11-3-1-4-12-22)21-24(17-20-33-18-9-10-19-33)32-31-23-13-5-2-6-14-23;/h1-8,11-16,26,31,34H,9-10,17-21H2;1H/b32-24-;. The predicted octanol–water partition coefficient (Wildman–Crippen LogP) is 6.40. The smallest absolute Gasteiger partial charge is 0.343 e. The normalized spacial score (nSPS) is 14.9. The van der Waals surface area contributed by atoms with Gasteiger partial charge in [-0.3, -0.25) is 5.43 Å². The first kappa shape index (κ1) is 26.5. The molecule has 1 unspecified atom stereocenters. The molecule has 1 aromatic heterocycles. The molecule has 0 aliphatic carbocycles. The Kier molecular flexibility index (Phi) is 8.99. The largest absolute Gasteiger partial charge is 0.507 e. The van der Waals surface area contributed by atoms with E-state index in [4.69, 9.17) is 9.52 Å². The van der Waals surface area contributed by atoms with Crippen LogP contribution in [-0.4, -0.2) is 35.4 Å². The highest BCUT2D eigenvalue weighted by molar-refractivity contribution is 5.88. The summed E-state index contributed by atoms with van der Waals surface area (Å²) >= 11 is 0. The third-order valence-corrected chi connectivity index (χ3v) is 6.84. The van der Waals surface area contributed by atoms with Gasteiger partial charge in [0.05, 0.1) is 16.6 Å². The van der Waals surface area contributed by atoms with E-state index < -0.39 is 11.5 Å². The molecule has 0 saturated carbocycles. The Morgan fingerprint density at radius 3 is 2.32 bits per heavy atom. The fourth-order valence-electron chi connectivity index (χ4n) is 4.92. The molecule has 1 aliphatic rings. The topological polar surface area (TPSA) is 78.1 Å². The summed E-state index contributed by atoms with van der Waals surface area (Å²) in [6.45, 7) is 3.13. The maximum absolute atomic E-state index is 13.2. The summed E-state index contributed by atoms with van der Waals surface area (Å²) < 4.78 is 5.65. The molecule has 3 aromatic carbocycles. The Hall–Kier alpha value is -3.61. The van der Waals surface area contributed by atoms with Gasteiger partial charge in [0.15, 0.2) is 0 Å². The molecule has 2 heterocycles. The first-order valence-electron chi connectivity index (χ1n) is 12.6. The molecule has 6 nitrogen and oxygen atoms in total. The van der Waals surface area contributed by atoms with Gasteiger partial charge in [-0.25, -0.2) is 4.79 Å². The minimum atomic E-state index is -0.519. The molecule has 192 valence electrons. The molecule has 7 heteroatoms. The van der Waals surface area contributed by atoms with Crippen LogP contribution in [0.15, 0.2) is 99.2 Å². The zero-order valence-corrected chi connectivity index (χ0v) is 21.5. The lowest BCUT2D eigenvalue weighted by atomic mass is 9.86. The summed E-state index contributed by atoms with van der Waals surface area (Å²) in [6, 6.07) is 26.8. The summed E-state index contributed by atoms with van der Waals surface area (Å²) in [5.74, 6) is -0.424. The quantitative estimate of drug-likeness (QED) is 0.153. The number of halogens is 1. The van der Waals surface area contributed by atoms with E-state index in [1.54, 1.807) is 18.2 Å². The Morgan fingerprint density at radius 2 is 1.59 bits per heavy atom. The van der Waals surface area contributed by atoms with E-state index in [1.165, 1.54) is 12.8 Å². The van der Waals surface area contributed by atoms with Gasteiger partial charge in [0.25, 0.3) is 0 Å². The molecular weight excluding hydrogens is 486 g/mol. The Labute approximate surface area is 223 Å². The number of nitrogens with zero attached hydrogens (tertiary/aromatic N) is 2.